The fourth-order valence-electron chi connectivity index (χ4n) is 2.68. The summed E-state index contributed by atoms with van der Waals surface area (Å²) >= 11 is 1.31. The molecule has 0 spiro atoms. The molecule has 142 valence electrons. The maximum Gasteiger partial charge on any atom is 0.239 e. The molecule has 0 saturated heterocycles. The molecule has 7 heteroatoms. The van der Waals surface area contributed by atoms with Crippen molar-refractivity contribution in [3.8, 4) is 0 Å². The van der Waals surface area contributed by atoms with Gasteiger partial charge in [-0.05, 0) is 49.3 Å². The molecule has 2 aromatic carbocycles. The summed E-state index contributed by atoms with van der Waals surface area (Å²) in [4.78, 5) is 0.631. The molecule has 4 N–H and O–H groups in total. The third-order valence-corrected chi connectivity index (χ3v) is 6.12. The summed E-state index contributed by atoms with van der Waals surface area (Å²) in [6, 6.07) is 15.4. The van der Waals surface area contributed by atoms with Crippen LogP contribution in [0.3, 0.4) is 0 Å². The third-order valence-electron chi connectivity index (χ3n) is 4.25. The number of hydrogen-bond donors (Lipinski definition) is 3. The highest BCUT2D eigenvalue weighted by molar-refractivity contribution is 7.99. The quantitative estimate of drug-likeness (QED) is 0.569. The molecule has 0 bridgehead atoms. The minimum absolute atomic E-state index is 0.0543. The molecule has 2 unspecified atom stereocenters. The number of nitrogens with one attached hydrogen (secondary N) is 1. The van der Waals surface area contributed by atoms with Crippen molar-refractivity contribution in [3.63, 3.8) is 0 Å². The first-order valence-corrected chi connectivity index (χ1v) is 11.2. The maximum atomic E-state index is 11.7. The zero-order valence-corrected chi connectivity index (χ0v) is 16.7. The first-order chi connectivity index (χ1) is 12.3. The van der Waals surface area contributed by atoms with Gasteiger partial charge in [0.05, 0.1) is 11.0 Å². The third kappa shape index (κ3) is 6.10. The van der Waals surface area contributed by atoms with Crippen molar-refractivity contribution in [1.82, 2.24) is 5.32 Å². The van der Waals surface area contributed by atoms with Crippen molar-refractivity contribution >= 4 is 21.8 Å². The molecule has 0 heterocycles. The van der Waals surface area contributed by atoms with Crippen LogP contribution >= 0.6 is 11.8 Å². The van der Waals surface area contributed by atoms with E-state index in [1.165, 1.54) is 23.4 Å². The Morgan fingerprint density at radius 1 is 1.19 bits per heavy atom. The van der Waals surface area contributed by atoms with Crippen molar-refractivity contribution < 1.29 is 13.5 Å². The lowest BCUT2D eigenvalue weighted by molar-refractivity contribution is 0.169. The first kappa shape index (κ1) is 20.9. The van der Waals surface area contributed by atoms with Crippen LogP contribution in [0, 0.1) is 0 Å². The van der Waals surface area contributed by atoms with E-state index >= 15 is 0 Å². The van der Waals surface area contributed by atoms with Crippen LogP contribution in [-0.4, -0.2) is 32.4 Å². The highest BCUT2D eigenvalue weighted by atomic mass is 32.2. The molecule has 0 amide bonds. The van der Waals surface area contributed by atoms with Gasteiger partial charge >= 0.3 is 0 Å². The smallest absolute Gasteiger partial charge is 0.239 e. The molecule has 2 rings (SSSR count). The van der Waals surface area contributed by atoms with Crippen LogP contribution in [0.1, 0.15) is 30.6 Å². The van der Waals surface area contributed by atoms with Gasteiger partial charge in [-0.25, -0.2) is 13.6 Å². The first-order valence-electron chi connectivity index (χ1n) is 8.47. The van der Waals surface area contributed by atoms with Crippen LogP contribution in [0.4, 0.5) is 0 Å². The molecule has 5 nitrogen and oxygen atoms in total. The number of sulfonamides is 1. The van der Waals surface area contributed by atoms with Crippen LogP contribution in [0.2, 0.25) is 0 Å². The van der Waals surface area contributed by atoms with Gasteiger partial charge in [-0.15, -0.1) is 11.8 Å². The summed E-state index contributed by atoms with van der Waals surface area (Å²) in [6.45, 7) is 2.42. The number of rotatable bonds is 9. The second-order valence-electron chi connectivity index (χ2n) is 6.30. The Morgan fingerprint density at radius 3 is 2.50 bits per heavy atom. The van der Waals surface area contributed by atoms with Crippen LogP contribution in [0.5, 0.6) is 0 Å². The molecule has 2 aromatic rings. The molecule has 0 saturated carbocycles. The van der Waals surface area contributed by atoms with Crippen LogP contribution in [0.15, 0.2) is 58.3 Å². The van der Waals surface area contributed by atoms with Gasteiger partial charge in [-0.2, -0.15) is 0 Å². The standard InChI is InChI=1S/C19H26N2O3S2/c1-14(8-9-15-6-4-3-5-7-15)21-13-17(22)16-10-11-18(25-2)19(12-16)26(20,23)24/h3-7,10-12,14,17,21-22H,8-9,13H2,1-2H3,(H2,20,23,24). The maximum absolute atomic E-state index is 11.7. The Labute approximate surface area is 160 Å². The summed E-state index contributed by atoms with van der Waals surface area (Å²) in [6.07, 6.45) is 2.90. The molecule has 0 fully saturated rings. The van der Waals surface area contributed by atoms with E-state index in [2.05, 4.69) is 24.4 Å². The Balaban J connectivity index is 1.94. The normalized spacial score (nSPS) is 14.2. The van der Waals surface area contributed by atoms with E-state index < -0.39 is 16.1 Å². The topological polar surface area (TPSA) is 92.4 Å². The number of benzene rings is 2. The molecular weight excluding hydrogens is 368 g/mol. The van der Waals surface area contributed by atoms with E-state index in [0.29, 0.717) is 17.0 Å². The number of aryl methyl sites for hydroxylation is 1. The minimum Gasteiger partial charge on any atom is -0.387 e. The van der Waals surface area contributed by atoms with Gasteiger partial charge in [0, 0.05) is 17.5 Å². The van der Waals surface area contributed by atoms with Crippen molar-refractivity contribution in [2.24, 2.45) is 5.14 Å². The van der Waals surface area contributed by atoms with Crippen LogP contribution in [0.25, 0.3) is 0 Å². The van der Waals surface area contributed by atoms with E-state index in [9.17, 15) is 13.5 Å². The van der Waals surface area contributed by atoms with Crippen molar-refractivity contribution in [2.45, 2.75) is 41.7 Å². The molecule has 26 heavy (non-hydrogen) atoms. The van der Waals surface area contributed by atoms with Crippen molar-refractivity contribution in [2.75, 3.05) is 12.8 Å². The number of aliphatic hydroxyl groups is 1. The lowest BCUT2D eigenvalue weighted by Gasteiger charge is -2.18. The Hall–Kier alpha value is -1.38. The largest absolute Gasteiger partial charge is 0.387 e. The Kier molecular flexibility index (Phi) is 7.67. The highest BCUT2D eigenvalue weighted by Crippen LogP contribution is 2.27. The van der Waals surface area contributed by atoms with Gasteiger partial charge in [0.2, 0.25) is 10.0 Å². The lowest BCUT2D eigenvalue weighted by Crippen LogP contribution is -2.31. The predicted octanol–water partition coefficient (Wildman–Crippen LogP) is 2.70. The number of thioether (sulfide) groups is 1. The number of nitrogens with two attached hydrogens (primary N) is 1. The van der Waals surface area contributed by atoms with Crippen molar-refractivity contribution in [1.29, 1.82) is 0 Å². The van der Waals surface area contributed by atoms with Gasteiger partial charge < -0.3 is 10.4 Å². The summed E-state index contributed by atoms with van der Waals surface area (Å²) < 4.78 is 23.5. The summed E-state index contributed by atoms with van der Waals surface area (Å²) in [5.74, 6) is 0. The predicted molar refractivity (Wildman–Crippen MR) is 107 cm³/mol. The van der Waals surface area contributed by atoms with Crippen LogP contribution in [-0.2, 0) is 16.4 Å². The van der Waals surface area contributed by atoms with E-state index in [1.807, 2.05) is 18.2 Å². The highest BCUT2D eigenvalue weighted by Gasteiger charge is 2.17. The SMILES string of the molecule is CSc1ccc(C(O)CNC(C)CCc2ccccc2)cc1S(N)(=O)=O. The average Bonchev–Trinajstić information content (AvgIpc) is 2.64. The molecule has 0 aliphatic carbocycles. The average molecular weight is 395 g/mol. The summed E-state index contributed by atoms with van der Waals surface area (Å²) in [7, 11) is -3.82. The van der Waals surface area contributed by atoms with Crippen LogP contribution < -0.4 is 10.5 Å². The van der Waals surface area contributed by atoms with E-state index in [4.69, 9.17) is 5.14 Å². The Bertz CT molecular complexity index is 811. The number of primary sulfonamides is 1. The number of aliphatic hydroxyl groups excluding tert-OH is 1. The lowest BCUT2D eigenvalue weighted by atomic mass is 10.1. The van der Waals surface area contributed by atoms with Gasteiger partial charge in [0.1, 0.15) is 0 Å². The van der Waals surface area contributed by atoms with Gasteiger partial charge in [-0.3, -0.25) is 0 Å². The number of hydrogen-bond acceptors (Lipinski definition) is 5. The summed E-state index contributed by atoms with van der Waals surface area (Å²) in [5.41, 5.74) is 1.82. The fourth-order valence-corrected chi connectivity index (χ4v) is 4.39. The van der Waals surface area contributed by atoms with E-state index in [0.717, 1.165) is 12.8 Å². The minimum atomic E-state index is -3.82. The Morgan fingerprint density at radius 2 is 1.88 bits per heavy atom. The van der Waals surface area contributed by atoms with E-state index in [-0.39, 0.29) is 10.9 Å². The van der Waals surface area contributed by atoms with Gasteiger partial charge in [-0.1, -0.05) is 36.4 Å². The molecule has 0 radical (unpaired) electrons. The van der Waals surface area contributed by atoms with Gasteiger partial charge in [0.25, 0.3) is 0 Å². The monoisotopic (exact) mass is 394 g/mol. The molecule has 2 atom stereocenters. The van der Waals surface area contributed by atoms with Gasteiger partial charge in [0.15, 0.2) is 0 Å². The molecule has 0 aliphatic rings. The zero-order chi connectivity index (χ0) is 19.2. The zero-order valence-electron chi connectivity index (χ0n) is 15.1. The second-order valence-corrected chi connectivity index (χ2v) is 8.68. The van der Waals surface area contributed by atoms with Crippen molar-refractivity contribution in [3.05, 3.63) is 59.7 Å². The second kappa shape index (κ2) is 9.53. The fraction of sp³-hybridized carbons (Fsp3) is 0.368. The molecular formula is C19H26N2O3S2. The summed E-state index contributed by atoms with van der Waals surface area (Å²) in [5, 5.41) is 19.0. The molecule has 0 aromatic heterocycles. The molecule has 0 aliphatic heterocycles. The van der Waals surface area contributed by atoms with E-state index in [1.54, 1.807) is 18.4 Å².